The van der Waals surface area contributed by atoms with Crippen LogP contribution in [-0.2, 0) is 4.74 Å². The lowest BCUT2D eigenvalue weighted by Crippen LogP contribution is -2.20. The van der Waals surface area contributed by atoms with Gasteiger partial charge in [-0.3, -0.25) is 0 Å². The number of aliphatic imine (C=N–C) groups is 1. The molecule has 1 atom stereocenters. The minimum absolute atomic E-state index is 0.0418. The lowest BCUT2D eigenvalue weighted by atomic mass is 10.3. The summed E-state index contributed by atoms with van der Waals surface area (Å²) >= 11 is 0. The van der Waals surface area contributed by atoms with Gasteiger partial charge in [0.25, 0.3) is 0 Å². The molecule has 4 nitrogen and oxygen atoms in total. The highest BCUT2D eigenvalue weighted by Crippen LogP contribution is 1.93. The molecule has 0 aliphatic heterocycles. The molecule has 0 saturated carbocycles. The summed E-state index contributed by atoms with van der Waals surface area (Å²) in [5, 5.41) is 0. The molecule has 0 rings (SSSR count). The second-order valence-electron chi connectivity index (χ2n) is 2.05. The third kappa shape index (κ3) is 4.52. The highest BCUT2D eigenvalue weighted by Gasteiger charge is 1.97. The molecular formula is C7H15N3O. The molecule has 0 radical (unpaired) electrons. The van der Waals surface area contributed by atoms with Gasteiger partial charge in [0.1, 0.15) is 5.82 Å². The first-order chi connectivity index (χ1) is 5.24. The summed E-state index contributed by atoms with van der Waals surface area (Å²) in [6.45, 7) is 5.54. The molecule has 0 aromatic carbocycles. The molecule has 0 aliphatic rings. The molecule has 0 saturated heterocycles. The lowest BCUT2D eigenvalue weighted by molar-refractivity contribution is 0.156. The predicted molar refractivity (Wildman–Crippen MR) is 46.0 cm³/mol. The third-order valence-corrected chi connectivity index (χ3v) is 1.27. The molecule has 3 N–H and O–H groups in total. The number of hydrogen-bond acceptors (Lipinski definition) is 4. The Balaban J connectivity index is 3.78. The minimum atomic E-state index is 0.0418. The van der Waals surface area contributed by atoms with E-state index in [1.165, 1.54) is 0 Å². The predicted octanol–water partition coefficient (Wildman–Crippen LogP) is 0.417. The summed E-state index contributed by atoms with van der Waals surface area (Å²) in [5.41, 5.74) is 2.32. The SMILES string of the molecule is C=C(/N=C\C(CC)OC)NN. The Morgan fingerprint density at radius 1 is 1.91 bits per heavy atom. The molecule has 0 amide bonds. The fourth-order valence-electron chi connectivity index (χ4n) is 0.543. The van der Waals surface area contributed by atoms with Crippen molar-refractivity contribution in [1.82, 2.24) is 5.43 Å². The van der Waals surface area contributed by atoms with E-state index in [-0.39, 0.29) is 6.10 Å². The van der Waals surface area contributed by atoms with Gasteiger partial charge in [0.05, 0.1) is 6.10 Å². The van der Waals surface area contributed by atoms with Gasteiger partial charge in [-0.05, 0) is 6.42 Å². The van der Waals surface area contributed by atoms with Crippen LogP contribution in [0.5, 0.6) is 0 Å². The van der Waals surface area contributed by atoms with Gasteiger partial charge in [-0.25, -0.2) is 10.8 Å². The Kier molecular flexibility index (Phi) is 5.42. The monoisotopic (exact) mass is 157 g/mol. The maximum Gasteiger partial charge on any atom is 0.132 e. The van der Waals surface area contributed by atoms with Gasteiger partial charge in [-0.15, -0.1) is 0 Å². The van der Waals surface area contributed by atoms with Crippen molar-refractivity contribution in [1.29, 1.82) is 0 Å². The van der Waals surface area contributed by atoms with Crippen molar-refractivity contribution in [3.8, 4) is 0 Å². The van der Waals surface area contributed by atoms with E-state index in [9.17, 15) is 0 Å². The summed E-state index contributed by atoms with van der Waals surface area (Å²) in [5.74, 6) is 5.47. The Morgan fingerprint density at radius 3 is 2.91 bits per heavy atom. The fraction of sp³-hybridized carbons (Fsp3) is 0.571. The van der Waals surface area contributed by atoms with Crippen molar-refractivity contribution >= 4 is 6.21 Å². The number of nitrogens with two attached hydrogens (primary N) is 1. The number of hydrogen-bond donors (Lipinski definition) is 2. The van der Waals surface area contributed by atoms with Crippen molar-refractivity contribution in [2.75, 3.05) is 7.11 Å². The Labute approximate surface area is 67.1 Å². The van der Waals surface area contributed by atoms with Crippen molar-refractivity contribution in [2.45, 2.75) is 19.4 Å². The van der Waals surface area contributed by atoms with E-state index in [4.69, 9.17) is 10.6 Å². The molecule has 0 aliphatic carbocycles. The summed E-state index contributed by atoms with van der Waals surface area (Å²) in [4.78, 5) is 3.90. The van der Waals surface area contributed by atoms with Crippen LogP contribution in [-0.4, -0.2) is 19.4 Å². The van der Waals surface area contributed by atoms with Gasteiger partial charge in [0.2, 0.25) is 0 Å². The normalized spacial score (nSPS) is 13.4. The first-order valence-corrected chi connectivity index (χ1v) is 3.47. The van der Waals surface area contributed by atoms with Crippen LogP contribution < -0.4 is 11.3 Å². The summed E-state index contributed by atoms with van der Waals surface area (Å²) in [6.07, 6.45) is 2.60. The van der Waals surface area contributed by atoms with Crippen LogP contribution in [0.2, 0.25) is 0 Å². The van der Waals surface area contributed by atoms with Crippen LogP contribution in [0.1, 0.15) is 13.3 Å². The van der Waals surface area contributed by atoms with Crippen LogP contribution in [0.15, 0.2) is 17.4 Å². The maximum atomic E-state index is 5.04. The molecule has 1 unspecified atom stereocenters. The van der Waals surface area contributed by atoms with E-state index in [0.29, 0.717) is 5.82 Å². The summed E-state index contributed by atoms with van der Waals surface area (Å²) < 4.78 is 5.04. The van der Waals surface area contributed by atoms with E-state index in [0.717, 1.165) is 6.42 Å². The smallest absolute Gasteiger partial charge is 0.132 e. The van der Waals surface area contributed by atoms with Crippen molar-refractivity contribution in [2.24, 2.45) is 10.8 Å². The third-order valence-electron chi connectivity index (χ3n) is 1.27. The lowest BCUT2D eigenvalue weighted by Gasteiger charge is -2.05. The second kappa shape index (κ2) is 5.88. The second-order valence-corrected chi connectivity index (χ2v) is 2.05. The maximum absolute atomic E-state index is 5.04. The highest BCUT2D eigenvalue weighted by atomic mass is 16.5. The van der Waals surface area contributed by atoms with Gasteiger partial charge in [0, 0.05) is 13.3 Å². The minimum Gasteiger partial charge on any atom is -0.376 e. The van der Waals surface area contributed by atoms with Crippen LogP contribution in [0, 0.1) is 0 Å². The Morgan fingerprint density at radius 2 is 2.55 bits per heavy atom. The zero-order valence-electron chi connectivity index (χ0n) is 7.00. The van der Waals surface area contributed by atoms with Crippen molar-refractivity contribution < 1.29 is 4.74 Å². The largest absolute Gasteiger partial charge is 0.376 e. The molecular weight excluding hydrogens is 142 g/mol. The van der Waals surface area contributed by atoms with Gasteiger partial charge >= 0.3 is 0 Å². The Hall–Kier alpha value is -0.870. The zero-order chi connectivity index (χ0) is 8.69. The van der Waals surface area contributed by atoms with Crippen LogP contribution in [0.3, 0.4) is 0 Å². The molecule has 64 valence electrons. The van der Waals surface area contributed by atoms with Gasteiger partial charge in [-0.1, -0.05) is 13.5 Å². The van der Waals surface area contributed by atoms with Gasteiger partial charge in [0.15, 0.2) is 0 Å². The van der Waals surface area contributed by atoms with Crippen LogP contribution >= 0.6 is 0 Å². The molecule has 0 heterocycles. The number of nitrogens with zero attached hydrogens (tertiary/aromatic N) is 1. The molecule has 0 aromatic heterocycles. The Bertz CT molecular complexity index is 141. The molecule has 11 heavy (non-hydrogen) atoms. The molecule has 0 spiro atoms. The summed E-state index contributed by atoms with van der Waals surface area (Å²) in [6, 6.07) is 0. The number of methoxy groups -OCH3 is 1. The standard InChI is InChI=1S/C7H15N3O/c1-4-7(11-3)5-9-6(2)10-8/h5,7,10H,2,4,8H2,1,3H3/b9-5-. The van der Waals surface area contributed by atoms with E-state index in [1.54, 1.807) is 13.3 Å². The molecule has 0 fully saturated rings. The quantitative estimate of drug-likeness (QED) is 0.345. The van der Waals surface area contributed by atoms with Crippen molar-refractivity contribution in [3.05, 3.63) is 12.4 Å². The van der Waals surface area contributed by atoms with Crippen molar-refractivity contribution in [3.63, 3.8) is 0 Å². The van der Waals surface area contributed by atoms with E-state index >= 15 is 0 Å². The molecule has 0 bridgehead atoms. The highest BCUT2D eigenvalue weighted by molar-refractivity contribution is 5.64. The first-order valence-electron chi connectivity index (χ1n) is 3.47. The van der Waals surface area contributed by atoms with E-state index in [1.807, 2.05) is 6.92 Å². The fourth-order valence-corrected chi connectivity index (χ4v) is 0.543. The van der Waals surface area contributed by atoms with Gasteiger partial charge in [-0.2, -0.15) is 0 Å². The van der Waals surface area contributed by atoms with E-state index in [2.05, 4.69) is 17.0 Å². The number of hydrazine groups is 1. The number of rotatable bonds is 5. The average molecular weight is 157 g/mol. The number of ether oxygens (including phenoxy) is 1. The first kappa shape index (κ1) is 10.1. The van der Waals surface area contributed by atoms with Crippen LogP contribution in [0.4, 0.5) is 0 Å². The topological polar surface area (TPSA) is 59.6 Å². The average Bonchev–Trinajstić information content (AvgIpc) is 2.06. The zero-order valence-corrected chi connectivity index (χ0v) is 7.00. The van der Waals surface area contributed by atoms with E-state index < -0.39 is 0 Å². The molecule has 4 heteroatoms. The molecule has 0 aromatic rings. The number of nitrogens with one attached hydrogen (secondary N) is 1. The van der Waals surface area contributed by atoms with Crippen LogP contribution in [0.25, 0.3) is 0 Å². The summed E-state index contributed by atoms with van der Waals surface area (Å²) in [7, 11) is 1.64. The van der Waals surface area contributed by atoms with Gasteiger partial charge < -0.3 is 10.2 Å².